The van der Waals surface area contributed by atoms with Crippen LogP contribution in [0.15, 0.2) is 42.5 Å². The second kappa shape index (κ2) is 11.3. The van der Waals surface area contributed by atoms with Crippen LogP contribution < -0.4 is 14.8 Å². The smallest absolute Gasteiger partial charge is 0.276 e. The van der Waals surface area contributed by atoms with Gasteiger partial charge in [-0.05, 0) is 44.9 Å². The molecule has 1 aromatic heterocycles. The Kier molecular flexibility index (Phi) is 8.25. The van der Waals surface area contributed by atoms with Gasteiger partial charge in [-0.1, -0.05) is 29.8 Å². The molecule has 0 spiro atoms. The van der Waals surface area contributed by atoms with Gasteiger partial charge in [-0.15, -0.1) is 0 Å². The van der Waals surface area contributed by atoms with Gasteiger partial charge in [-0.2, -0.15) is 5.10 Å². The number of rotatable bonds is 10. The summed E-state index contributed by atoms with van der Waals surface area (Å²) in [6.45, 7) is 6.81. The number of carbonyl (C=O) groups excluding carboxylic acids is 1. The van der Waals surface area contributed by atoms with Crippen LogP contribution in [-0.2, 0) is 17.8 Å². The van der Waals surface area contributed by atoms with E-state index in [0.717, 1.165) is 22.5 Å². The maximum atomic E-state index is 12.4. The number of aryl methyl sites for hydroxylation is 2. The first-order valence-corrected chi connectivity index (χ1v) is 11.2. The van der Waals surface area contributed by atoms with Crippen LogP contribution in [0.1, 0.15) is 33.6 Å². The molecule has 1 N–H and O–H groups in total. The van der Waals surface area contributed by atoms with Crippen molar-refractivity contribution < 1.29 is 19.2 Å². The summed E-state index contributed by atoms with van der Waals surface area (Å²) in [7, 11) is 2.89. The van der Waals surface area contributed by atoms with Crippen molar-refractivity contribution >= 4 is 17.7 Å². The Balaban J connectivity index is 1.64. The molecule has 0 bridgehead atoms. The fourth-order valence-electron chi connectivity index (χ4n) is 3.79. The van der Waals surface area contributed by atoms with E-state index in [1.54, 1.807) is 12.1 Å². The molecule has 3 aromatic rings. The second-order valence-electron chi connectivity index (χ2n) is 8.20. The van der Waals surface area contributed by atoms with E-state index >= 15 is 0 Å². The van der Waals surface area contributed by atoms with Crippen LogP contribution >= 0.6 is 0 Å². The highest BCUT2D eigenvalue weighted by Gasteiger charge is 2.19. The molecule has 1 heterocycles. The molecule has 0 saturated carbocycles. The molecule has 0 aliphatic carbocycles. The predicted octanol–water partition coefficient (Wildman–Crippen LogP) is 4.15. The van der Waals surface area contributed by atoms with Crippen molar-refractivity contribution in [3.05, 3.63) is 86.2 Å². The summed E-state index contributed by atoms with van der Waals surface area (Å²) in [5.74, 6) is 0.384. The van der Waals surface area contributed by atoms with E-state index in [-0.39, 0.29) is 30.3 Å². The molecule has 0 atom stereocenters. The minimum absolute atomic E-state index is 0.0836. The van der Waals surface area contributed by atoms with Crippen LogP contribution in [-0.4, -0.2) is 41.4 Å². The minimum Gasteiger partial charge on any atom is -0.493 e. The van der Waals surface area contributed by atoms with Gasteiger partial charge >= 0.3 is 0 Å². The summed E-state index contributed by atoms with van der Waals surface area (Å²) in [6, 6.07) is 11.2. The summed E-state index contributed by atoms with van der Waals surface area (Å²) >= 11 is 0. The summed E-state index contributed by atoms with van der Waals surface area (Å²) in [5.41, 5.74) is 5.41. The Hall–Kier alpha value is -4.14. The first kappa shape index (κ1) is 25.5. The number of benzene rings is 2. The van der Waals surface area contributed by atoms with Gasteiger partial charge in [0, 0.05) is 29.4 Å². The van der Waals surface area contributed by atoms with E-state index in [0.29, 0.717) is 17.9 Å². The van der Waals surface area contributed by atoms with Gasteiger partial charge in [-0.25, -0.2) is 0 Å². The number of hydrogen-bond acceptors (Lipinski definition) is 6. The van der Waals surface area contributed by atoms with Gasteiger partial charge in [0.1, 0.15) is 0 Å². The number of carbonyl (C=O) groups is 1. The topological polar surface area (TPSA) is 109 Å². The monoisotopic (exact) mass is 478 g/mol. The van der Waals surface area contributed by atoms with Crippen LogP contribution in [0.5, 0.6) is 11.5 Å². The van der Waals surface area contributed by atoms with E-state index in [1.807, 2.05) is 18.5 Å². The number of aromatic nitrogens is 2. The van der Waals surface area contributed by atoms with Crippen molar-refractivity contribution in [2.45, 2.75) is 33.7 Å². The van der Waals surface area contributed by atoms with Crippen LogP contribution in [0.2, 0.25) is 0 Å². The summed E-state index contributed by atoms with van der Waals surface area (Å²) in [4.78, 5) is 23.4. The van der Waals surface area contributed by atoms with Crippen molar-refractivity contribution in [3.63, 3.8) is 0 Å². The Labute approximate surface area is 204 Å². The Morgan fingerprint density at radius 1 is 1.11 bits per heavy atom. The third-order valence-electron chi connectivity index (χ3n) is 5.77. The average molecular weight is 479 g/mol. The molecular weight excluding hydrogens is 448 g/mol. The van der Waals surface area contributed by atoms with Gasteiger partial charge in [-0.3, -0.25) is 19.6 Å². The third kappa shape index (κ3) is 6.26. The Morgan fingerprint density at radius 3 is 2.40 bits per heavy atom. The highest BCUT2D eigenvalue weighted by atomic mass is 16.6. The van der Waals surface area contributed by atoms with Crippen molar-refractivity contribution in [2.75, 3.05) is 20.8 Å². The molecule has 0 aliphatic heterocycles. The summed E-state index contributed by atoms with van der Waals surface area (Å²) < 4.78 is 12.3. The molecule has 2 aromatic carbocycles. The zero-order valence-electron chi connectivity index (χ0n) is 20.6. The van der Waals surface area contributed by atoms with Crippen molar-refractivity contribution in [1.29, 1.82) is 0 Å². The van der Waals surface area contributed by atoms with Crippen molar-refractivity contribution in [1.82, 2.24) is 15.1 Å². The number of methoxy groups -OCH3 is 2. The van der Waals surface area contributed by atoms with Crippen LogP contribution in [0.3, 0.4) is 0 Å². The normalized spacial score (nSPS) is 11.0. The highest BCUT2D eigenvalue weighted by Crippen LogP contribution is 2.34. The van der Waals surface area contributed by atoms with Crippen molar-refractivity contribution in [2.24, 2.45) is 0 Å². The minimum atomic E-state index is -0.473. The van der Waals surface area contributed by atoms with Gasteiger partial charge in [0.05, 0.1) is 37.4 Å². The van der Waals surface area contributed by atoms with Gasteiger partial charge in [0.15, 0.2) is 11.5 Å². The zero-order valence-corrected chi connectivity index (χ0v) is 20.6. The number of hydrogen-bond donors (Lipinski definition) is 1. The van der Waals surface area contributed by atoms with E-state index < -0.39 is 4.92 Å². The van der Waals surface area contributed by atoms with Crippen LogP contribution in [0.25, 0.3) is 6.08 Å². The number of nitro benzene ring substituents is 1. The standard InChI is InChI=1S/C26H30N4O5/c1-17-6-8-20(9-7-17)16-29-19(3)22(18(2)28-29)10-11-26(31)27-13-12-21-14-24(34-4)25(35-5)15-23(21)30(32)33/h6-11,14-15H,12-13,16H2,1-5H3,(H,27,31)/b11-10+. The van der Waals surface area contributed by atoms with E-state index in [9.17, 15) is 14.9 Å². The van der Waals surface area contributed by atoms with Crippen LogP contribution in [0, 0.1) is 30.9 Å². The fourth-order valence-corrected chi connectivity index (χ4v) is 3.79. The fraction of sp³-hybridized carbons (Fsp3) is 0.308. The first-order chi connectivity index (χ1) is 16.7. The quantitative estimate of drug-likeness (QED) is 0.266. The predicted molar refractivity (Wildman–Crippen MR) is 134 cm³/mol. The lowest BCUT2D eigenvalue weighted by Gasteiger charge is -2.10. The number of amides is 1. The molecule has 0 unspecified atom stereocenters. The molecule has 184 valence electrons. The summed E-state index contributed by atoms with van der Waals surface area (Å²) in [6.07, 6.45) is 3.47. The Bertz CT molecular complexity index is 1250. The lowest BCUT2D eigenvalue weighted by molar-refractivity contribution is -0.385. The number of nitrogens with zero attached hydrogens (tertiary/aromatic N) is 3. The maximum Gasteiger partial charge on any atom is 0.276 e. The zero-order chi connectivity index (χ0) is 25.5. The largest absolute Gasteiger partial charge is 0.493 e. The SMILES string of the molecule is COc1cc(CCNC(=O)/C=C/c2c(C)nn(Cc3ccc(C)cc3)c2C)c([N+](=O)[O-])cc1OC. The van der Waals surface area contributed by atoms with Crippen LogP contribution in [0.4, 0.5) is 5.69 Å². The molecule has 0 aliphatic rings. The number of nitrogens with one attached hydrogen (secondary N) is 1. The molecular formula is C26H30N4O5. The highest BCUT2D eigenvalue weighted by molar-refractivity contribution is 5.92. The van der Waals surface area contributed by atoms with E-state index in [4.69, 9.17) is 9.47 Å². The van der Waals surface area contributed by atoms with Gasteiger partial charge in [0.2, 0.25) is 5.91 Å². The number of ether oxygens (including phenoxy) is 2. The molecule has 9 nitrogen and oxygen atoms in total. The Morgan fingerprint density at radius 2 is 1.77 bits per heavy atom. The molecule has 0 fully saturated rings. The summed E-state index contributed by atoms with van der Waals surface area (Å²) in [5, 5.41) is 18.8. The number of nitro groups is 1. The molecule has 3 rings (SSSR count). The van der Waals surface area contributed by atoms with Gasteiger partial charge in [0.25, 0.3) is 5.69 Å². The second-order valence-corrected chi connectivity index (χ2v) is 8.20. The molecule has 0 saturated heterocycles. The third-order valence-corrected chi connectivity index (χ3v) is 5.77. The lowest BCUT2D eigenvalue weighted by Crippen LogP contribution is -2.23. The van der Waals surface area contributed by atoms with E-state index in [2.05, 4.69) is 41.6 Å². The molecule has 0 radical (unpaired) electrons. The molecule has 1 amide bonds. The lowest BCUT2D eigenvalue weighted by atomic mass is 10.1. The van der Waals surface area contributed by atoms with E-state index in [1.165, 1.54) is 31.9 Å². The molecule has 9 heteroatoms. The maximum absolute atomic E-state index is 12.4. The first-order valence-electron chi connectivity index (χ1n) is 11.2. The average Bonchev–Trinajstić information content (AvgIpc) is 3.10. The van der Waals surface area contributed by atoms with Gasteiger partial charge < -0.3 is 14.8 Å². The van der Waals surface area contributed by atoms with Crippen molar-refractivity contribution in [3.8, 4) is 11.5 Å². The molecule has 35 heavy (non-hydrogen) atoms.